The molecule has 0 aliphatic rings. The first-order valence-corrected chi connectivity index (χ1v) is 9.31. The Balaban J connectivity index is 2.07. The number of rotatable bonds is 7. The molecule has 6 heteroatoms. The first kappa shape index (κ1) is 20.0. The van der Waals surface area contributed by atoms with Crippen molar-refractivity contribution in [1.29, 1.82) is 0 Å². The lowest BCUT2D eigenvalue weighted by Gasteiger charge is -2.27. The molecule has 2 aromatic rings. The molecular weight excluding hydrogens is 373 g/mol. The smallest absolute Gasteiger partial charge is 0.173 e. The van der Waals surface area contributed by atoms with Gasteiger partial charge in [0.25, 0.3) is 0 Å². The van der Waals surface area contributed by atoms with Crippen LogP contribution < -0.4 is 5.32 Å². The largest absolute Gasteiger partial charge is 0.345 e. The van der Waals surface area contributed by atoms with Crippen LogP contribution in [-0.2, 0) is 6.54 Å². The molecule has 25 heavy (non-hydrogen) atoms. The second-order valence-electron chi connectivity index (χ2n) is 6.15. The number of nitrogens with zero attached hydrogens (tertiary/aromatic N) is 2. The van der Waals surface area contributed by atoms with E-state index in [0.717, 1.165) is 31.7 Å². The summed E-state index contributed by atoms with van der Waals surface area (Å²) in [6.45, 7) is 2.64. The Morgan fingerprint density at radius 3 is 2.24 bits per heavy atom. The molecule has 2 aromatic carbocycles. The van der Waals surface area contributed by atoms with E-state index in [4.69, 9.17) is 35.4 Å². The molecule has 0 unspecified atom stereocenters. The number of benzene rings is 2. The second kappa shape index (κ2) is 9.97. The standard InChI is InChI=1S/C19H23Cl2N3S/c1-23(2)9-6-10-24(14-15-7-4-3-5-8-15)19(25)22-18-12-16(20)11-17(21)13-18/h3-5,7-8,11-13H,6,9-10,14H2,1-2H3,(H,22,25). The lowest BCUT2D eigenvalue weighted by atomic mass is 10.2. The fourth-order valence-electron chi connectivity index (χ4n) is 2.46. The van der Waals surface area contributed by atoms with Gasteiger partial charge in [-0.05, 0) is 63.0 Å². The summed E-state index contributed by atoms with van der Waals surface area (Å²) in [5.41, 5.74) is 2.02. The summed E-state index contributed by atoms with van der Waals surface area (Å²) in [6.07, 6.45) is 1.03. The molecule has 0 aliphatic heterocycles. The molecule has 0 saturated carbocycles. The Morgan fingerprint density at radius 1 is 1.00 bits per heavy atom. The molecular formula is C19H23Cl2N3S. The van der Waals surface area contributed by atoms with Crippen molar-refractivity contribution in [2.75, 3.05) is 32.5 Å². The van der Waals surface area contributed by atoms with E-state index in [1.165, 1.54) is 5.56 Å². The van der Waals surface area contributed by atoms with Gasteiger partial charge in [-0.15, -0.1) is 0 Å². The van der Waals surface area contributed by atoms with E-state index in [0.29, 0.717) is 15.2 Å². The van der Waals surface area contributed by atoms with E-state index in [9.17, 15) is 0 Å². The van der Waals surface area contributed by atoms with Crippen LogP contribution in [0.5, 0.6) is 0 Å². The molecule has 0 fully saturated rings. The van der Waals surface area contributed by atoms with Crippen LogP contribution in [0, 0.1) is 0 Å². The first-order chi connectivity index (χ1) is 11.9. The highest BCUT2D eigenvalue weighted by atomic mass is 35.5. The fraction of sp³-hybridized carbons (Fsp3) is 0.316. The molecule has 3 nitrogen and oxygen atoms in total. The Bertz CT molecular complexity index is 672. The number of anilines is 1. The summed E-state index contributed by atoms with van der Waals surface area (Å²) in [4.78, 5) is 4.34. The summed E-state index contributed by atoms with van der Waals surface area (Å²) in [5, 5.41) is 5.09. The quantitative estimate of drug-likeness (QED) is 0.653. The molecule has 1 N–H and O–H groups in total. The molecule has 0 aliphatic carbocycles. The fourth-order valence-corrected chi connectivity index (χ4v) is 3.26. The van der Waals surface area contributed by atoms with Gasteiger partial charge in [-0.1, -0.05) is 53.5 Å². The summed E-state index contributed by atoms with van der Waals surface area (Å²) >= 11 is 17.8. The van der Waals surface area contributed by atoms with E-state index < -0.39 is 0 Å². The minimum atomic E-state index is 0.583. The minimum absolute atomic E-state index is 0.583. The summed E-state index contributed by atoms with van der Waals surface area (Å²) in [7, 11) is 4.15. The summed E-state index contributed by atoms with van der Waals surface area (Å²) < 4.78 is 0. The molecule has 2 rings (SSSR count). The van der Waals surface area contributed by atoms with Gasteiger partial charge in [0.15, 0.2) is 5.11 Å². The highest BCUT2D eigenvalue weighted by Crippen LogP contribution is 2.23. The summed E-state index contributed by atoms with van der Waals surface area (Å²) in [5.74, 6) is 0. The van der Waals surface area contributed by atoms with Gasteiger partial charge in [-0.2, -0.15) is 0 Å². The molecule has 0 spiro atoms. The monoisotopic (exact) mass is 395 g/mol. The van der Waals surface area contributed by atoms with Crippen LogP contribution in [0.2, 0.25) is 10.0 Å². The Hall–Kier alpha value is -1.33. The number of thiocarbonyl (C=S) groups is 1. The second-order valence-corrected chi connectivity index (χ2v) is 7.41. The predicted molar refractivity (Wildman–Crippen MR) is 113 cm³/mol. The van der Waals surface area contributed by atoms with Crippen molar-refractivity contribution in [3.63, 3.8) is 0 Å². The SMILES string of the molecule is CN(C)CCCN(Cc1ccccc1)C(=S)Nc1cc(Cl)cc(Cl)c1. The minimum Gasteiger partial charge on any atom is -0.345 e. The molecule has 0 bridgehead atoms. The van der Waals surface area contributed by atoms with E-state index >= 15 is 0 Å². The first-order valence-electron chi connectivity index (χ1n) is 8.15. The van der Waals surface area contributed by atoms with Crippen LogP contribution in [0.15, 0.2) is 48.5 Å². The van der Waals surface area contributed by atoms with Crippen molar-refractivity contribution in [2.24, 2.45) is 0 Å². The van der Waals surface area contributed by atoms with E-state index in [1.807, 2.05) is 30.3 Å². The van der Waals surface area contributed by atoms with Crippen LogP contribution >= 0.6 is 35.4 Å². The van der Waals surface area contributed by atoms with E-state index in [1.54, 1.807) is 6.07 Å². The highest BCUT2D eigenvalue weighted by Gasteiger charge is 2.11. The zero-order valence-electron chi connectivity index (χ0n) is 14.5. The third kappa shape index (κ3) is 7.20. The van der Waals surface area contributed by atoms with E-state index in [2.05, 4.69) is 41.3 Å². The van der Waals surface area contributed by atoms with Gasteiger partial charge in [0.05, 0.1) is 0 Å². The van der Waals surface area contributed by atoms with Crippen molar-refractivity contribution < 1.29 is 0 Å². The highest BCUT2D eigenvalue weighted by molar-refractivity contribution is 7.80. The average molecular weight is 396 g/mol. The summed E-state index contributed by atoms with van der Waals surface area (Å²) in [6, 6.07) is 15.7. The molecule has 0 amide bonds. The Kier molecular flexibility index (Phi) is 7.97. The van der Waals surface area contributed by atoms with Gasteiger partial charge in [-0.3, -0.25) is 0 Å². The van der Waals surface area contributed by atoms with Crippen LogP contribution in [0.4, 0.5) is 5.69 Å². The number of nitrogens with one attached hydrogen (secondary N) is 1. The van der Waals surface area contributed by atoms with Crippen LogP contribution in [0.1, 0.15) is 12.0 Å². The third-order valence-corrected chi connectivity index (χ3v) is 4.45. The maximum Gasteiger partial charge on any atom is 0.173 e. The van der Waals surface area contributed by atoms with Gasteiger partial charge in [0, 0.05) is 28.8 Å². The Labute approximate surface area is 165 Å². The Morgan fingerprint density at radius 2 is 1.64 bits per heavy atom. The van der Waals surface area contributed by atoms with Crippen LogP contribution in [-0.4, -0.2) is 42.1 Å². The van der Waals surface area contributed by atoms with Crippen molar-refractivity contribution in [2.45, 2.75) is 13.0 Å². The molecule has 0 heterocycles. The van der Waals surface area contributed by atoms with Crippen molar-refractivity contribution >= 4 is 46.2 Å². The lowest BCUT2D eigenvalue weighted by molar-refractivity contribution is 0.346. The van der Waals surface area contributed by atoms with Crippen molar-refractivity contribution in [1.82, 2.24) is 9.80 Å². The molecule has 0 aromatic heterocycles. The molecule has 0 saturated heterocycles. The zero-order valence-corrected chi connectivity index (χ0v) is 16.8. The lowest BCUT2D eigenvalue weighted by Crippen LogP contribution is -2.36. The van der Waals surface area contributed by atoms with Crippen molar-refractivity contribution in [3.05, 3.63) is 64.1 Å². The van der Waals surface area contributed by atoms with Crippen molar-refractivity contribution in [3.8, 4) is 0 Å². The third-order valence-electron chi connectivity index (χ3n) is 3.65. The predicted octanol–water partition coefficient (Wildman–Crippen LogP) is 5.14. The average Bonchev–Trinajstić information content (AvgIpc) is 2.53. The van der Waals surface area contributed by atoms with Gasteiger partial charge in [-0.25, -0.2) is 0 Å². The number of halogens is 2. The van der Waals surface area contributed by atoms with Gasteiger partial charge in [0.1, 0.15) is 0 Å². The maximum absolute atomic E-state index is 6.07. The van der Waals surface area contributed by atoms with E-state index in [-0.39, 0.29) is 0 Å². The van der Waals surface area contributed by atoms with Crippen LogP contribution in [0.3, 0.4) is 0 Å². The molecule has 134 valence electrons. The molecule has 0 radical (unpaired) electrons. The maximum atomic E-state index is 6.07. The molecule has 0 atom stereocenters. The number of hydrogen-bond acceptors (Lipinski definition) is 2. The topological polar surface area (TPSA) is 18.5 Å². The number of hydrogen-bond donors (Lipinski definition) is 1. The normalized spacial score (nSPS) is 10.8. The van der Waals surface area contributed by atoms with Gasteiger partial charge < -0.3 is 15.1 Å². The van der Waals surface area contributed by atoms with Gasteiger partial charge in [0.2, 0.25) is 0 Å². The zero-order chi connectivity index (χ0) is 18.2. The van der Waals surface area contributed by atoms with Crippen LogP contribution in [0.25, 0.3) is 0 Å². The van der Waals surface area contributed by atoms with Gasteiger partial charge >= 0.3 is 0 Å².